The molecule has 9 heteroatoms. The van der Waals surface area contributed by atoms with Crippen LogP contribution in [-0.2, 0) is 11.3 Å². The highest BCUT2D eigenvalue weighted by molar-refractivity contribution is 7.20. The fourth-order valence-electron chi connectivity index (χ4n) is 4.70. The van der Waals surface area contributed by atoms with E-state index >= 15 is 0 Å². The van der Waals surface area contributed by atoms with Crippen molar-refractivity contribution in [3.63, 3.8) is 0 Å². The largest absolute Gasteiger partial charge is 0.365 e. The van der Waals surface area contributed by atoms with E-state index in [1.807, 2.05) is 18.7 Å². The van der Waals surface area contributed by atoms with Crippen LogP contribution < -0.4 is 10.5 Å². The summed E-state index contributed by atoms with van der Waals surface area (Å²) in [5.74, 6) is -0.186. The fourth-order valence-corrected chi connectivity index (χ4v) is 5.81. The van der Waals surface area contributed by atoms with Crippen molar-refractivity contribution in [1.82, 2.24) is 19.4 Å². The SMILES string of the molecule is CCN(CC)C(=O)Cn1cnc2sc(C(=O)N3CCN(c4ccc(C)cc4)C(C)C3)c(C)c2c1=O. The average Bonchev–Trinajstić information content (AvgIpc) is 3.18. The van der Waals surface area contributed by atoms with E-state index in [4.69, 9.17) is 0 Å². The zero-order valence-electron chi connectivity index (χ0n) is 21.1. The number of amides is 2. The molecule has 1 fully saturated rings. The van der Waals surface area contributed by atoms with Crippen LogP contribution in [0.5, 0.6) is 0 Å². The topological polar surface area (TPSA) is 78.8 Å². The van der Waals surface area contributed by atoms with E-state index in [0.29, 0.717) is 46.8 Å². The summed E-state index contributed by atoms with van der Waals surface area (Å²) in [6.07, 6.45) is 1.42. The number of nitrogens with zero attached hydrogens (tertiary/aromatic N) is 5. The number of benzene rings is 1. The van der Waals surface area contributed by atoms with Crippen molar-refractivity contribution in [1.29, 1.82) is 0 Å². The summed E-state index contributed by atoms with van der Waals surface area (Å²) in [5.41, 5.74) is 2.75. The van der Waals surface area contributed by atoms with Gasteiger partial charge in [0.05, 0.1) is 16.6 Å². The second-order valence-corrected chi connectivity index (χ2v) is 10.1. The van der Waals surface area contributed by atoms with Crippen LogP contribution in [-0.4, -0.2) is 69.9 Å². The third kappa shape index (κ3) is 4.82. The van der Waals surface area contributed by atoms with Gasteiger partial charge >= 0.3 is 0 Å². The Morgan fingerprint density at radius 3 is 2.43 bits per heavy atom. The van der Waals surface area contributed by atoms with Crippen LogP contribution in [0.3, 0.4) is 0 Å². The van der Waals surface area contributed by atoms with Crippen LogP contribution in [0.15, 0.2) is 35.4 Å². The van der Waals surface area contributed by atoms with Crippen molar-refractivity contribution in [2.75, 3.05) is 37.6 Å². The van der Waals surface area contributed by atoms with Gasteiger partial charge in [0.1, 0.15) is 11.4 Å². The van der Waals surface area contributed by atoms with E-state index in [9.17, 15) is 14.4 Å². The zero-order chi connectivity index (χ0) is 25.3. The van der Waals surface area contributed by atoms with E-state index in [-0.39, 0.29) is 30.0 Å². The molecule has 1 aromatic carbocycles. The molecule has 2 aromatic heterocycles. The quantitative estimate of drug-likeness (QED) is 0.524. The van der Waals surface area contributed by atoms with E-state index in [1.165, 1.54) is 27.8 Å². The molecule has 1 aliphatic rings. The number of carbonyl (C=O) groups excluding carboxylic acids is 2. The Kier molecular flexibility index (Phi) is 7.25. The number of piperazine rings is 1. The standard InChI is InChI=1S/C26H33N5O3S/c1-6-28(7-2)21(32)15-30-16-27-24-22(25(30)33)19(5)23(35-24)26(34)29-12-13-31(18(4)14-29)20-10-8-17(3)9-11-20/h8-11,16,18H,6-7,12-15H2,1-5H3. The Hall–Kier alpha value is -3.20. The number of anilines is 1. The smallest absolute Gasteiger partial charge is 0.264 e. The first-order chi connectivity index (χ1) is 16.7. The van der Waals surface area contributed by atoms with Crippen LogP contribution in [0, 0.1) is 13.8 Å². The van der Waals surface area contributed by atoms with E-state index in [1.54, 1.807) is 11.8 Å². The van der Waals surface area contributed by atoms with Crippen molar-refractivity contribution in [2.45, 2.75) is 47.2 Å². The summed E-state index contributed by atoms with van der Waals surface area (Å²) in [5, 5.41) is 0.430. The van der Waals surface area contributed by atoms with Crippen LogP contribution in [0.25, 0.3) is 10.2 Å². The molecule has 1 atom stereocenters. The highest BCUT2D eigenvalue weighted by Gasteiger charge is 2.30. The first-order valence-corrected chi connectivity index (χ1v) is 13.0. The highest BCUT2D eigenvalue weighted by atomic mass is 32.1. The van der Waals surface area contributed by atoms with Crippen molar-refractivity contribution in [3.05, 3.63) is 57.0 Å². The lowest BCUT2D eigenvalue weighted by atomic mass is 10.1. The molecule has 0 radical (unpaired) electrons. The van der Waals surface area contributed by atoms with E-state index in [0.717, 1.165) is 12.2 Å². The molecule has 0 N–H and O–H groups in total. The Labute approximate surface area is 209 Å². The Morgan fingerprint density at radius 1 is 1.11 bits per heavy atom. The molecule has 8 nitrogen and oxygen atoms in total. The van der Waals surface area contributed by atoms with Crippen LogP contribution in [0.2, 0.25) is 0 Å². The highest BCUT2D eigenvalue weighted by Crippen LogP contribution is 2.29. The lowest BCUT2D eigenvalue weighted by Gasteiger charge is -2.41. The van der Waals surface area contributed by atoms with Gasteiger partial charge in [-0.25, -0.2) is 4.98 Å². The van der Waals surface area contributed by atoms with Gasteiger partial charge in [-0.3, -0.25) is 19.0 Å². The molecule has 0 spiro atoms. The number of rotatable bonds is 6. The number of hydrogen-bond acceptors (Lipinski definition) is 6. The molecule has 0 bridgehead atoms. The van der Waals surface area contributed by atoms with Crippen molar-refractivity contribution < 1.29 is 9.59 Å². The van der Waals surface area contributed by atoms with Crippen LogP contribution in [0.4, 0.5) is 5.69 Å². The molecule has 2 amide bonds. The molecule has 1 unspecified atom stereocenters. The van der Waals surface area contributed by atoms with Gasteiger partial charge in [-0.15, -0.1) is 11.3 Å². The molecule has 3 heterocycles. The van der Waals surface area contributed by atoms with Crippen molar-refractivity contribution in [3.8, 4) is 0 Å². The third-order valence-electron chi connectivity index (χ3n) is 6.81. The van der Waals surface area contributed by atoms with Gasteiger partial charge in [0.2, 0.25) is 5.91 Å². The molecule has 3 aromatic rings. The summed E-state index contributed by atoms with van der Waals surface area (Å²) in [6.45, 7) is 12.9. The van der Waals surface area contributed by atoms with Crippen LogP contribution >= 0.6 is 11.3 Å². The molecule has 0 saturated carbocycles. The first-order valence-electron chi connectivity index (χ1n) is 12.1. The molecule has 1 aliphatic heterocycles. The summed E-state index contributed by atoms with van der Waals surface area (Å²) in [4.78, 5) is 50.6. The number of hydrogen-bond donors (Lipinski definition) is 0. The monoisotopic (exact) mass is 495 g/mol. The van der Waals surface area contributed by atoms with E-state index in [2.05, 4.69) is 48.0 Å². The number of carbonyl (C=O) groups is 2. The number of aromatic nitrogens is 2. The van der Waals surface area contributed by atoms with Gasteiger partial charge < -0.3 is 14.7 Å². The van der Waals surface area contributed by atoms with Gasteiger partial charge in [-0.05, 0) is 52.3 Å². The third-order valence-corrected chi connectivity index (χ3v) is 8.00. The average molecular weight is 496 g/mol. The zero-order valence-corrected chi connectivity index (χ0v) is 21.9. The van der Waals surface area contributed by atoms with Crippen LogP contribution in [0.1, 0.15) is 41.6 Å². The molecular weight excluding hydrogens is 462 g/mol. The lowest BCUT2D eigenvalue weighted by molar-refractivity contribution is -0.131. The lowest BCUT2D eigenvalue weighted by Crippen LogP contribution is -2.53. The summed E-state index contributed by atoms with van der Waals surface area (Å²) < 4.78 is 1.35. The number of fused-ring (bicyclic) bond motifs is 1. The Morgan fingerprint density at radius 2 is 1.80 bits per heavy atom. The maximum Gasteiger partial charge on any atom is 0.264 e. The molecule has 186 valence electrons. The summed E-state index contributed by atoms with van der Waals surface area (Å²) in [6, 6.07) is 8.64. The van der Waals surface area contributed by atoms with Gasteiger partial charge in [0.25, 0.3) is 11.5 Å². The molecular formula is C26H33N5O3S. The normalized spacial score (nSPS) is 16.1. The van der Waals surface area contributed by atoms with Crippen molar-refractivity contribution in [2.24, 2.45) is 0 Å². The van der Waals surface area contributed by atoms with Gasteiger partial charge in [-0.1, -0.05) is 17.7 Å². The van der Waals surface area contributed by atoms with Gasteiger partial charge in [-0.2, -0.15) is 0 Å². The Bertz CT molecular complexity index is 1290. The predicted octanol–water partition coefficient (Wildman–Crippen LogP) is 3.29. The maximum atomic E-state index is 13.5. The number of aryl methyl sites for hydroxylation is 2. The molecule has 35 heavy (non-hydrogen) atoms. The minimum atomic E-state index is -0.277. The maximum absolute atomic E-state index is 13.5. The molecule has 0 aliphatic carbocycles. The van der Waals surface area contributed by atoms with Gasteiger partial charge in [0.15, 0.2) is 0 Å². The second kappa shape index (κ2) is 10.2. The van der Waals surface area contributed by atoms with E-state index < -0.39 is 0 Å². The van der Waals surface area contributed by atoms with Crippen molar-refractivity contribution >= 4 is 39.1 Å². The summed E-state index contributed by atoms with van der Waals surface area (Å²) >= 11 is 1.26. The molecule has 4 rings (SSSR count). The first kappa shape index (κ1) is 24.9. The second-order valence-electron chi connectivity index (χ2n) is 9.11. The summed E-state index contributed by atoms with van der Waals surface area (Å²) in [7, 11) is 0. The number of likely N-dealkylation sites (N-methyl/N-ethyl adjacent to an activating group) is 1. The minimum Gasteiger partial charge on any atom is -0.365 e. The number of thiophene rings is 1. The predicted molar refractivity (Wildman–Crippen MR) is 140 cm³/mol. The minimum absolute atomic E-state index is 0.0551. The molecule has 1 saturated heterocycles. The fraction of sp³-hybridized carbons (Fsp3) is 0.462. The van der Waals surface area contributed by atoms with Gasteiger partial charge in [0, 0.05) is 44.5 Å². The Balaban J connectivity index is 1.55.